The van der Waals surface area contributed by atoms with Gasteiger partial charge in [-0.2, -0.15) is 0 Å². The van der Waals surface area contributed by atoms with Gasteiger partial charge in [-0.15, -0.1) is 0 Å². The van der Waals surface area contributed by atoms with Crippen molar-refractivity contribution in [3.63, 3.8) is 0 Å². The summed E-state index contributed by atoms with van der Waals surface area (Å²) in [5.41, 5.74) is 0. The van der Waals surface area contributed by atoms with Crippen LogP contribution in [0.1, 0.15) is 97.3 Å². The molecule has 3 nitrogen and oxygen atoms in total. The zero-order chi connectivity index (χ0) is 16.9. The molecule has 1 aliphatic carbocycles. The van der Waals surface area contributed by atoms with E-state index in [1.807, 2.05) is 0 Å². The standard InChI is InChI=1S/C20H38O3/c1-3-5-6-7-8-9-10-11-12-15-23-20(22)16-17-13-14-19(21)18(17)4-2/h17-19,21H,3-16H2,1-2H3. The summed E-state index contributed by atoms with van der Waals surface area (Å²) in [6.07, 6.45) is 14.6. The summed E-state index contributed by atoms with van der Waals surface area (Å²) in [4.78, 5) is 11.9. The van der Waals surface area contributed by atoms with Crippen molar-refractivity contribution in [2.45, 2.75) is 103 Å². The van der Waals surface area contributed by atoms with Crippen molar-refractivity contribution in [3.05, 3.63) is 0 Å². The molecule has 0 radical (unpaired) electrons. The first-order valence-corrected chi connectivity index (χ1v) is 10.0. The van der Waals surface area contributed by atoms with Gasteiger partial charge in [0.2, 0.25) is 0 Å². The molecule has 0 aliphatic heterocycles. The number of esters is 1. The van der Waals surface area contributed by atoms with Gasteiger partial charge in [-0.3, -0.25) is 4.79 Å². The first-order chi connectivity index (χ1) is 11.2. The molecule has 3 atom stereocenters. The van der Waals surface area contributed by atoms with Gasteiger partial charge in [0.1, 0.15) is 0 Å². The van der Waals surface area contributed by atoms with Crippen LogP contribution in [0.3, 0.4) is 0 Å². The van der Waals surface area contributed by atoms with Crippen LogP contribution in [0.4, 0.5) is 0 Å². The van der Waals surface area contributed by atoms with Crippen LogP contribution >= 0.6 is 0 Å². The van der Waals surface area contributed by atoms with Crippen LogP contribution in [0.15, 0.2) is 0 Å². The summed E-state index contributed by atoms with van der Waals surface area (Å²) in [6, 6.07) is 0. The highest BCUT2D eigenvalue weighted by molar-refractivity contribution is 5.69. The van der Waals surface area contributed by atoms with E-state index in [0.29, 0.717) is 18.9 Å². The third kappa shape index (κ3) is 8.74. The lowest BCUT2D eigenvalue weighted by atomic mass is 9.90. The van der Waals surface area contributed by atoms with Gasteiger partial charge < -0.3 is 9.84 Å². The van der Waals surface area contributed by atoms with Crippen LogP contribution in [-0.4, -0.2) is 23.8 Å². The predicted molar refractivity (Wildman–Crippen MR) is 95.3 cm³/mol. The van der Waals surface area contributed by atoms with E-state index in [1.165, 1.54) is 51.4 Å². The molecule has 0 heterocycles. The number of hydrogen-bond acceptors (Lipinski definition) is 3. The summed E-state index contributed by atoms with van der Waals surface area (Å²) in [7, 11) is 0. The maximum Gasteiger partial charge on any atom is 0.306 e. The molecule has 1 fully saturated rings. The summed E-state index contributed by atoms with van der Waals surface area (Å²) < 4.78 is 5.37. The molecule has 0 amide bonds. The molecule has 3 heteroatoms. The van der Waals surface area contributed by atoms with Gasteiger partial charge in [0.25, 0.3) is 0 Å². The van der Waals surface area contributed by atoms with Gasteiger partial charge in [0.05, 0.1) is 12.7 Å². The van der Waals surface area contributed by atoms with Crippen LogP contribution < -0.4 is 0 Å². The van der Waals surface area contributed by atoms with Gasteiger partial charge in [0, 0.05) is 6.42 Å². The minimum Gasteiger partial charge on any atom is -0.466 e. The maximum atomic E-state index is 11.9. The fourth-order valence-corrected chi connectivity index (χ4v) is 3.86. The van der Waals surface area contributed by atoms with Crippen LogP contribution in [-0.2, 0) is 9.53 Å². The average Bonchev–Trinajstić information content (AvgIpc) is 2.89. The molecule has 1 rings (SSSR count). The second kappa shape index (κ2) is 12.8. The second-order valence-electron chi connectivity index (χ2n) is 7.23. The number of carbonyl (C=O) groups is 1. The van der Waals surface area contributed by atoms with Crippen molar-refractivity contribution in [1.82, 2.24) is 0 Å². The molecule has 0 spiro atoms. The Morgan fingerprint density at radius 3 is 2.17 bits per heavy atom. The quantitative estimate of drug-likeness (QED) is 0.371. The van der Waals surface area contributed by atoms with Crippen molar-refractivity contribution >= 4 is 5.97 Å². The minimum atomic E-state index is -0.213. The molecular weight excluding hydrogens is 288 g/mol. The first kappa shape index (κ1) is 20.5. The van der Waals surface area contributed by atoms with Crippen molar-refractivity contribution in [2.24, 2.45) is 11.8 Å². The van der Waals surface area contributed by atoms with E-state index in [9.17, 15) is 9.90 Å². The second-order valence-corrected chi connectivity index (χ2v) is 7.23. The van der Waals surface area contributed by atoms with Crippen molar-refractivity contribution < 1.29 is 14.6 Å². The maximum absolute atomic E-state index is 11.9. The molecule has 136 valence electrons. The monoisotopic (exact) mass is 326 g/mol. The lowest BCUT2D eigenvalue weighted by Gasteiger charge is -2.19. The lowest BCUT2D eigenvalue weighted by Crippen LogP contribution is -2.21. The minimum absolute atomic E-state index is 0.0675. The zero-order valence-corrected chi connectivity index (χ0v) is 15.4. The Labute approximate surface area is 143 Å². The van der Waals surface area contributed by atoms with E-state index in [-0.39, 0.29) is 18.0 Å². The first-order valence-electron chi connectivity index (χ1n) is 10.0. The number of hydrogen-bond donors (Lipinski definition) is 1. The number of carbonyl (C=O) groups excluding carboxylic acids is 1. The Balaban J connectivity index is 1.94. The molecule has 23 heavy (non-hydrogen) atoms. The fourth-order valence-electron chi connectivity index (χ4n) is 3.86. The van der Waals surface area contributed by atoms with Gasteiger partial charge in [0.15, 0.2) is 0 Å². The summed E-state index contributed by atoms with van der Waals surface area (Å²) in [5, 5.41) is 9.88. The van der Waals surface area contributed by atoms with Gasteiger partial charge >= 0.3 is 5.97 Å². The molecule has 1 N–H and O–H groups in total. The number of aliphatic hydroxyl groups is 1. The normalized spacial score (nSPS) is 24.0. The summed E-state index contributed by atoms with van der Waals surface area (Å²) >= 11 is 0. The Hall–Kier alpha value is -0.570. The molecule has 0 aromatic rings. The molecule has 1 saturated carbocycles. The van der Waals surface area contributed by atoms with Crippen molar-refractivity contribution in [2.75, 3.05) is 6.61 Å². The number of aliphatic hydroxyl groups excluding tert-OH is 1. The number of unbranched alkanes of at least 4 members (excludes halogenated alkanes) is 8. The van der Waals surface area contributed by atoms with E-state index in [1.54, 1.807) is 0 Å². The van der Waals surface area contributed by atoms with Gasteiger partial charge in [-0.25, -0.2) is 0 Å². The SMILES string of the molecule is CCCCCCCCCCCOC(=O)CC1CCC(O)C1CC. The van der Waals surface area contributed by atoms with Crippen molar-refractivity contribution in [3.8, 4) is 0 Å². The number of rotatable bonds is 13. The zero-order valence-electron chi connectivity index (χ0n) is 15.4. The van der Waals surface area contributed by atoms with E-state index >= 15 is 0 Å². The van der Waals surface area contributed by atoms with Crippen LogP contribution in [0.5, 0.6) is 0 Å². The Morgan fingerprint density at radius 1 is 0.957 bits per heavy atom. The third-order valence-corrected chi connectivity index (χ3v) is 5.34. The van der Waals surface area contributed by atoms with Gasteiger partial charge in [-0.05, 0) is 31.1 Å². The molecule has 3 unspecified atom stereocenters. The van der Waals surface area contributed by atoms with Crippen molar-refractivity contribution in [1.29, 1.82) is 0 Å². The Bertz CT molecular complexity index is 303. The highest BCUT2D eigenvalue weighted by atomic mass is 16.5. The lowest BCUT2D eigenvalue weighted by molar-refractivity contribution is -0.145. The van der Waals surface area contributed by atoms with E-state index in [2.05, 4.69) is 13.8 Å². The Morgan fingerprint density at radius 2 is 1.57 bits per heavy atom. The highest BCUT2D eigenvalue weighted by Gasteiger charge is 2.34. The summed E-state index contributed by atoms with van der Waals surface area (Å²) in [5.74, 6) is 0.544. The molecule has 0 saturated heterocycles. The van der Waals surface area contributed by atoms with Crippen LogP contribution in [0, 0.1) is 11.8 Å². The van der Waals surface area contributed by atoms with Crippen LogP contribution in [0.2, 0.25) is 0 Å². The largest absolute Gasteiger partial charge is 0.466 e. The molecule has 0 bridgehead atoms. The topological polar surface area (TPSA) is 46.5 Å². The summed E-state index contributed by atoms with van der Waals surface area (Å²) in [6.45, 7) is 4.92. The molecular formula is C20H38O3. The smallest absolute Gasteiger partial charge is 0.306 e. The van der Waals surface area contributed by atoms with E-state index in [4.69, 9.17) is 4.74 Å². The average molecular weight is 327 g/mol. The predicted octanol–water partition coefficient (Wildman–Crippen LogP) is 5.25. The fraction of sp³-hybridized carbons (Fsp3) is 0.950. The van der Waals surface area contributed by atoms with E-state index < -0.39 is 0 Å². The molecule has 0 aromatic carbocycles. The van der Waals surface area contributed by atoms with Gasteiger partial charge in [-0.1, -0.05) is 71.6 Å². The Kier molecular flexibility index (Phi) is 11.4. The third-order valence-electron chi connectivity index (χ3n) is 5.34. The molecule has 1 aliphatic rings. The highest BCUT2D eigenvalue weighted by Crippen LogP contribution is 2.36. The van der Waals surface area contributed by atoms with Crippen LogP contribution in [0.25, 0.3) is 0 Å². The van der Waals surface area contributed by atoms with E-state index in [0.717, 1.165) is 25.7 Å². The number of ether oxygens (including phenoxy) is 1. The molecule has 0 aromatic heterocycles.